The Morgan fingerprint density at radius 1 is 1.38 bits per heavy atom. The molecule has 6 heteroatoms. The van der Waals surface area contributed by atoms with Crippen molar-refractivity contribution in [3.8, 4) is 0 Å². The van der Waals surface area contributed by atoms with Crippen LogP contribution in [-0.4, -0.2) is 29.4 Å². The first-order chi connectivity index (χ1) is 7.25. The SMILES string of the molecule is CC(C)(C)OC(=O)NOCC1(C(=O)O)CC1. The molecule has 0 radical (unpaired) electrons. The molecule has 1 fully saturated rings. The fourth-order valence-corrected chi connectivity index (χ4v) is 1.10. The molecule has 1 aliphatic carbocycles. The molecule has 0 aromatic heterocycles. The lowest BCUT2D eigenvalue weighted by molar-refractivity contribution is -0.147. The average Bonchev–Trinajstić information content (AvgIpc) is 2.81. The lowest BCUT2D eigenvalue weighted by atomic mass is 10.1. The van der Waals surface area contributed by atoms with Crippen molar-refractivity contribution in [2.45, 2.75) is 39.2 Å². The summed E-state index contributed by atoms with van der Waals surface area (Å²) in [5.74, 6) is -0.890. The molecule has 0 atom stereocenters. The molecule has 2 N–H and O–H groups in total. The van der Waals surface area contributed by atoms with Gasteiger partial charge in [-0.25, -0.2) is 4.79 Å². The predicted molar refractivity (Wildman–Crippen MR) is 54.6 cm³/mol. The van der Waals surface area contributed by atoms with E-state index in [1.165, 1.54) is 0 Å². The third-order valence-electron chi connectivity index (χ3n) is 2.21. The first-order valence-corrected chi connectivity index (χ1v) is 5.09. The number of carbonyl (C=O) groups is 2. The van der Waals surface area contributed by atoms with Crippen LogP contribution in [0.3, 0.4) is 0 Å². The van der Waals surface area contributed by atoms with Gasteiger partial charge in [0.15, 0.2) is 0 Å². The van der Waals surface area contributed by atoms with Crippen LogP contribution in [0.25, 0.3) is 0 Å². The fraction of sp³-hybridized carbons (Fsp3) is 0.800. The van der Waals surface area contributed by atoms with E-state index in [4.69, 9.17) is 14.7 Å². The van der Waals surface area contributed by atoms with Gasteiger partial charge in [-0.15, -0.1) is 0 Å². The standard InChI is InChI=1S/C10H17NO5/c1-9(2,3)16-8(14)11-15-6-10(4-5-10)7(12)13/h4-6H2,1-3H3,(H,11,14)(H,12,13). The van der Waals surface area contributed by atoms with Crippen molar-refractivity contribution >= 4 is 12.1 Å². The number of hydroxylamine groups is 1. The number of carboxylic acid groups (broad SMARTS) is 1. The molecule has 0 spiro atoms. The molecular weight excluding hydrogens is 214 g/mol. The molecule has 16 heavy (non-hydrogen) atoms. The number of carboxylic acids is 1. The highest BCUT2D eigenvalue weighted by Crippen LogP contribution is 2.45. The van der Waals surface area contributed by atoms with E-state index in [-0.39, 0.29) is 6.61 Å². The summed E-state index contributed by atoms with van der Waals surface area (Å²) in [5, 5.41) is 8.83. The van der Waals surface area contributed by atoms with Crippen LogP contribution in [-0.2, 0) is 14.4 Å². The van der Waals surface area contributed by atoms with Crippen LogP contribution in [0.4, 0.5) is 4.79 Å². The minimum absolute atomic E-state index is 0.0262. The summed E-state index contributed by atoms with van der Waals surface area (Å²) < 4.78 is 4.91. The minimum Gasteiger partial charge on any atom is -0.481 e. The summed E-state index contributed by atoms with van der Waals surface area (Å²) in [4.78, 5) is 26.7. The maximum Gasteiger partial charge on any atom is 0.431 e. The smallest absolute Gasteiger partial charge is 0.431 e. The van der Waals surface area contributed by atoms with E-state index >= 15 is 0 Å². The van der Waals surface area contributed by atoms with Gasteiger partial charge in [-0.2, -0.15) is 5.48 Å². The number of rotatable bonds is 4. The highest BCUT2D eigenvalue weighted by Gasteiger charge is 2.51. The summed E-state index contributed by atoms with van der Waals surface area (Å²) in [5.41, 5.74) is 0.655. The van der Waals surface area contributed by atoms with Crippen molar-refractivity contribution in [1.29, 1.82) is 0 Å². The van der Waals surface area contributed by atoms with Gasteiger partial charge in [0.2, 0.25) is 0 Å². The third-order valence-corrected chi connectivity index (χ3v) is 2.21. The molecule has 0 aromatic rings. The molecule has 0 bridgehead atoms. The molecule has 1 aliphatic rings. The molecular formula is C10H17NO5. The van der Waals surface area contributed by atoms with Crippen molar-refractivity contribution in [3.05, 3.63) is 0 Å². The van der Waals surface area contributed by atoms with E-state index in [1.54, 1.807) is 20.8 Å². The molecule has 92 valence electrons. The van der Waals surface area contributed by atoms with Crippen molar-refractivity contribution in [1.82, 2.24) is 5.48 Å². The largest absolute Gasteiger partial charge is 0.481 e. The number of hydrogen-bond acceptors (Lipinski definition) is 4. The van der Waals surface area contributed by atoms with Crippen LogP contribution in [0, 0.1) is 5.41 Å². The zero-order valence-corrected chi connectivity index (χ0v) is 9.70. The highest BCUT2D eigenvalue weighted by molar-refractivity contribution is 5.77. The van der Waals surface area contributed by atoms with Gasteiger partial charge in [-0.1, -0.05) is 0 Å². The van der Waals surface area contributed by atoms with Crippen LogP contribution in [0.2, 0.25) is 0 Å². The summed E-state index contributed by atoms with van der Waals surface area (Å²) in [7, 11) is 0. The fourth-order valence-electron chi connectivity index (χ4n) is 1.10. The Hall–Kier alpha value is -1.30. The molecule has 1 amide bonds. The van der Waals surface area contributed by atoms with Crippen LogP contribution >= 0.6 is 0 Å². The quantitative estimate of drug-likeness (QED) is 0.712. The van der Waals surface area contributed by atoms with E-state index in [1.807, 2.05) is 0 Å². The second-order valence-electron chi connectivity index (χ2n) is 4.98. The first kappa shape index (κ1) is 12.8. The normalized spacial score (nSPS) is 17.7. The van der Waals surface area contributed by atoms with Crippen molar-refractivity contribution < 1.29 is 24.3 Å². The molecule has 1 saturated carbocycles. The minimum atomic E-state index is -0.890. The lowest BCUT2D eigenvalue weighted by Gasteiger charge is -2.19. The third kappa shape index (κ3) is 3.69. The van der Waals surface area contributed by atoms with Crippen molar-refractivity contribution in [2.24, 2.45) is 5.41 Å². The number of aliphatic carboxylic acids is 1. The zero-order chi connectivity index (χ0) is 12.4. The Bertz CT molecular complexity index is 290. The van der Waals surface area contributed by atoms with Gasteiger partial charge in [0.05, 0.1) is 12.0 Å². The second kappa shape index (κ2) is 4.29. The monoisotopic (exact) mass is 231 g/mol. The Morgan fingerprint density at radius 2 is 1.94 bits per heavy atom. The van der Waals surface area contributed by atoms with Gasteiger partial charge in [0, 0.05) is 0 Å². The average molecular weight is 231 g/mol. The van der Waals surface area contributed by atoms with E-state index in [0.29, 0.717) is 12.8 Å². The number of carbonyl (C=O) groups excluding carboxylic acids is 1. The van der Waals surface area contributed by atoms with Gasteiger partial charge >= 0.3 is 12.1 Å². The van der Waals surface area contributed by atoms with Crippen LogP contribution in [0.1, 0.15) is 33.6 Å². The Labute approximate surface area is 93.9 Å². The molecule has 6 nitrogen and oxygen atoms in total. The Kier molecular flexibility index (Phi) is 3.42. The molecule has 0 heterocycles. The van der Waals surface area contributed by atoms with Crippen LogP contribution in [0.15, 0.2) is 0 Å². The maximum absolute atomic E-state index is 11.1. The van der Waals surface area contributed by atoms with E-state index in [9.17, 15) is 9.59 Å². The van der Waals surface area contributed by atoms with Crippen molar-refractivity contribution in [2.75, 3.05) is 6.61 Å². The molecule has 0 unspecified atom stereocenters. The predicted octanol–water partition coefficient (Wildman–Crippen LogP) is 1.31. The number of amides is 1. The van der Waals surface area contributed by atoms with Gasteiger partial charge < -0.3 is 9.84 Å². The van der Waals surface area contributed by atoms with Gasteiger partial charge in [-0.05, 0) is 33.6 Å². The first-order valence-electron chi connectivity index (χ1n) is 5.09. The molecule has 1 rings (SSSR count). The van der Waals surface area contributed by atoms with Gasteiger partial charge in [0.25, 0.3) is 0 Å². The number of nitrogens with one attached hydrogen (secondary N) is 1. The summed E-state index contributed by atoms with van der Waals surface area (Å²) >= 11 is 0. The number of hydrogen-bond donors (Lipinski definition) is 2. The number of ether oxygens (including phenoxy) is 1. The maximum atomic E-state index is 11.1. The lowest BCUT2D eigenvalue weighted by Crippen LogP contribution is -2.35. The van der Waals surface area contributed by atoms with E-state index in [0.717, 1.165) is 0 Å². The summed E-state index contributed by atoms with van der Waals surface area (Å²) in [6.45, 7) is 5.16. The molecule has 0 saturated heterocycles. The van der Waals surface area contributed by atoms with E-state index < -0.39 is 23.1 Å². The van der Waals surface area contributed by atoms with Crippen molar-refractivity contribution in [3.63, 3.8) is 0 Å². The summed E-state index contributed by atoms with van der Waals surface area (Å²) in [6, 6.07) is 0. The zero-order valence-electron chi connectivity index (χ0n) is 9.70. The Balaban J connectivity index is 2.21. The summed E-state index contributed by atoms with van der Waals surface area (Å²) in [6.07, 6.45) is 0.449. The second-order valence-corrected chi connectivity index (χ2v) is 4.98. The molecule has 0 aromatic carbocycles. The highest BCUT2D eigenvalue weighted by atomic mass is 16.7. The Morgan fingerprint density at radius 3 is 2.31 bits per heavy atom. The van der Waals surface area contributed by atoms with Crippen LogP contribution in [0.5, 0.6) is 0 Å². The van der Waals surface area contributed by atoms with Gasteiger partial charge in [-0.3, -0.25) is 9.63 Å². The topological polar surface area (TPSA) is 84.9 Å². The van der Waals surface area contributed by atoms with Gasteiger partial charge in [0.1, 0.15) is 5.60 Å². The molecule has 0 aliphatic heterocycles. The van der Waals surface area contributed by atoms with Crippen LogP contribution < -0.4 is 5.48 Å². The van der Waals surface area contributed by atoms with E-state index in [2.05, 4.69) is 5.48 Å².